The number of nitrogens with one attached hydrogen (secondary N) is 2. The van der Waals surface area contributed by atoms with E-state index in [0.717, 1.165) is 0 Å². The van der Waals surface area contributed by atoms with Crippen molar-refractivity contribution < 1.29 is 19.1 Å². The summed E-state index contributed by atoms with van der Waals surface area (Å²) in [5.74, 6) is 0.976. The molecule has 0 saturated carbocycles. The Bertz CT molecular complexity index is 502. The molecular weight excluding hydrogens is 272 g/mol. The Labute approximate surface area is 124 Å². The smallest absolute Gasteiger partial charge is 0.216 e. The van der Waals surface area contributed by atoms with E-state index in [1.54, 1.807) is 32.2 Å². The largest absolute Gasteiger partial charge is 0.493 e. The predicted molar refractivity (Wildman–Crippen MR) is 80.0 cm³/mol. The first kappa shape index (κ1) is 17.0. The minimum atomic E-state index is -0.350. The highest BCUT2D eigenvalue weighted by Crippen LogP contribution is 2.27. The Kier molecular flexibility index (Phi) is 6.68. The van der Waals surface area contributed by atoms with E-state index in [9.17, 15) is 9.59 Å². The van der Waals surface area contributed by atoms with Crippen LogP contribution >= 0.6 is 0 Å². The third-order valence-electron chi connectivity index (χ3n) is 3.01. The molecule has 6 nitrogen and oxygen atoms in total. The van der Waals surface area contributed by atoms with Crippen molar-refractivity contribution in [1.29, 1.82) is 0 Å². The summed E-state index contributed by atoms with van der Waals surface area (Å²) in [5.41, 5.74) is 0.548. The number of Topliss-reactive ketones (excluding diaryl/α,β-unsaturated/α-hetero) is 1. The summed E-state index contributed by atoms with van der Waals surface area (Å²) in [5, 5.41) is 5.73. The number of rotatable bonds is 8. The summed E-state index contributed by atoms with van der Waals surface area (Å²) in [7, 11) is 3.08. The first-order chi connectivity index (χ1) is 9.99. The van der Waals surface area contributed by atoms with Gasteiger partial charge in [-0.3, -0.25) is 9.59 Å². The van der Waals surface area contributed by atoms with Gasteiger partial charge < -0.3 is 20.1 Å². The molecule has 0 aliphatic rings. The molecule has 1 aromatic carbocycles. The monoisotopic (exact) mass is 294 g/mol. The number of carbonyl (C=O) groups excluding carboxylic acids is 2. The average Bonchev–Trinajstić information content (AvgIpc) is 2.49. The molecule has 1 rings (SSSR count). The van der Waals surface area contributed by atoms with E-state index in [1.807, 2.05) is 0 Å². The highest BCUT2D eigenvalue weighted by molar-refractivity contribution is 6.00. The number of methoxy groups -OCH3 is 2. The van der Waals surface area contributed by atoms with Crippen molar-refractivity contribution in [1.82, 2.24) is 10.6 Å². The normalized spacial score (nSPS) is 11.6. The standard InChI is InChI=1S/C15H22N2O4/c1-10(16-7-8-17-11(2)18)15(19)12-5-6-13(20-3)14(9-12)21-4/h5-6,9-10,16H,7-8H2,1-4H3,(H,17,18). The second-order valence-electron chi connectivity index (χ2n) is 4.59. The molecular formula is C15H22N2O4. The van der Waals surface area contributed by atoms with Crippen molar-refractivity contribution in [3.8, 4) is 11.5 Å². The van der Waals surface area contributed by atoms with Crippen LogP contribution in [0, 0.1) is 0 Å². The maximum atomic E-state index is 12.3. The number of hydrogen-bond donors (Lipinski definition) is 2. The van der Waals surface area contributed by atoms with Gasteiger partial charge in [0.15, 0.2) is 17.3 Å². The second-order valence-corrected chi connectivity index (χ2v) is 4.59. The Morgan fingerprint density at radius 1 is 1.14 bits per heavy atom. The molecule has 6 heteroatoms. The van der Waals surface area contributed by atoms with E-state index in [1.165, 1.54) is 14.0 Å². The second kappa shape index (κ2) is 8.26. The van der Waals surface area contributed by atoms with Gasteiger partial charge in [-0.1, -0.05) is 0 Å². The third-order valence-corrected chi connectivity index (χ3v) is 3.01. The van der Waals surface area contributed by atoms with Crippen LogP contribution in [0.3, 0.4) is 0 Å². The molecule has 0 heterocycles. The van der Waals surface area contributed by atoms with Gasteiger partial charge in [-0.2, -0.15) is 0 Å². The fourth-order valence-corrected chi connectivity index (χ4v) is 1.86. The van der Waals surface area contributed by atoms with E-state index in [4.69, 9.17) is 9.47 Å². The van der Waals surface area contributed by atoms with Gasteiger partial charge in [-0.15, -0.1) is 0 Å². The molecule has 0 fully saturated rings. The molecule has 0 saturated heterocycles. The first-order valence-corrected chi connectivity index (χ1v) is 6.73. The first-order valence-electron chi connectivity index (χ1n) is 6.73. The number of carbonyl (C=O) groups is 2. The fourth-order valence-electron chi connectivity index (χ4n) is 1.86. The molecule has 0 aromatic heterocycles. The van der Waals surface area contributed by atoms with Crippen LogP contribution in [-0.2, 0) is 4.79 Å². The topological polar surface area (TPSA) is 76.7 Å². The van der Waals surface area contributed by atoms with Gasteiger partial charge in [0.25, 0.3) is 0 Å². The van der Waals surface area contributed by atoms with Gasteiger partial charge in [0, 0.05) is 25.6 Å². The molecule has 1 unspecified atom stereocenters. The zero-order valence-corrected chi connectivity index (χ0v) is 12.9. The molecule has 0 spiro atoms. The van der Waals surface area contributed by atoms with Gasteiger partial charge in [0.1, 0.15) is 0 Å². The highest BCUT2D eigenvalue weighted by atomic mass is 16.5. The maximum Gasteiger partial charge on any atom is 0.216 e. The molecule has 0 aliphatic carbocycles. The van der Waals surface area contributed by atoms with Crippen LogP contribution in [0.25, 0.3) is 0 Å². The molecule has 1 aromatic rings. The van der Waals surface area contributed by atoms with Crippen molar-refractivity contribution in [2.75, 3.05) is 27.3 Å². The Morgan fingerprint density at radius 3 is 2.38 bits per heavy atom. The number of hydrogen-bond acceptors (Lipinski definition) is 5. The van der Waals surface area contributed by atoms with Crippen molar-refractivity contribution in [2.45, 2.75) is 19.9 Å². The van der Waals surface area contributed by atoms with Gasteiger partial charge in [0.2, 0.25) is 5.91 Å². The molecule has 1 atom stereocenters. The fraction of sp³-hybridized carbons (Fsp3) is 0.467. The van der Waals surface area contributed by atoms with Gasteiger partial charge in [-0.05, 0) is 25.1 Å². The van der Waals surface area contributed by atoms with Crippen molar-refractivity contribution >= 4 is 11.7 Å². The highest BCUT2D eigenvalue weighted by Gasteiger charge is 2.16. The summed E-state index contributed by atoms with van der Waals surface area (Å²) in [6, 6.07) is 4.72. The lowest BCUT2D eigenvalue weighted by molar-refractivity contribution is -0.118. The number of benzene rings is 1. The third kappa shape index (κ3) is 5.07. The Balaban J connectivity index is 2.63. The number of amides is 1. The van der Waals surface area contributed by atoms with Crippen LogP contribution in [0.5, 0.6) is 11.5 Å². The van der Waals surface area contributed by atoms with Crippen LogP contribution in [0.4, 0.5) is 0 Å². The van der Waals surface area contributed by atoms with Crippen LogP contribution in [-0.4, -0.2) is 45.0 Å². The summed E-state index contributed by atoms with van der Waals surface area (Å²) in [6.45, 7) is 4.25. The lowest BCUT2D eigenvalue weighted by Gasteiger charge is -2.14. The quantitative estimate of drug-likeness (QED) is 0.552. The zero-order chi connectivity index (χ0) is 15.8. The molecule has 116 valence electrons. The Hall–Kier alpha value is -2.08. The van der Waals surface area contributed by atoms with E-state index < -0.39 is 0 Å². The van der Waals surface area contributed by atoms with Gasteiger partial charge >= 0.3 is 0 Å². The minimum absolute atomic E-state index is 0.0428. The summed E-state index contributed by atoms with van der Waals surface area (Å²) >= 11 is 0. The van der Waals surface area contributed by atoms with Crippen molar-refractivity contribution in [2.24, 2.45) is 0 Å². The average molecular weight is 294 g/mol. The Morgan fingerprint density at radius 2 is 1.81 bits per heavy atom. The maximum absolute atomic E-state index is 12.3. The number of ether oxygens (including phenoxy) is 2. The molecule has 0 radical (unpaired) electrons. The molecule has 0 bridgehead atoms. The SMILES string of the molecule is COc1ccc(C(=O)C(C)NCCNC(C)=O)cc1OC. The van der Waals surface area contributed by atoms with Crippen LogP contribution in [0.1, 0.15) is 24.2 Å². The zero-order valence-electron chi connectivity index (χ0n) is 12.9. The lowest BCUT2D eigenvalue weighted by atomic mass is 10.0. The minimum Gasteiger partial charge on any atom is -0.493 e. The summed E-state index contributed by atoms with van der Waals surface area (Å²) in [4.78, 5) is 23.0. The predicted octanol–water partition coefficient (Wildman–Crippen LogP) is 1.00. The summed E-state index contributed by atoms with van der Waals surface area (Å²) < 4.78 is 10.3. The summed E-state index contributed by atoms with van der Waals surface area (Å²) in [6.07, 6.45) is 0. The molecule has 2 N–H and O–H groups in total. The van der Waals surface area contributed by atoms with Crippen molar-refractivity contribution in [3.63, 3.8) is 0 Å². The van der Waals surface area contributed by atoms with Gasteiger partial charge in [0.05, 0.1) is 20.3 Å². The van der Waals surface area contributed by atoms with Gasteiger partial charge in [-0.25, -0.2) is 0 Å². The van der Waals surface area contributed by atoms with Crippen LogP contribution in [0.2, 0.25) is 0 Å². The molecule has 0 aliphatic heterocycles. The van der Waals surface area contributed by atoms with E-state index in [0.29, 0.717) is 30.2 Å². The van der Waals surface area contributed by atoms with E-state index in [-0.39, 0.29) is 17.7 Å². The van der Waals surface area contributed by atoms with Crippen molar-refractivity contribution in [3.05, 3.63) is 23.8 Å². The molecule has 1 amide bonds. The van der Waals surface area contributed by atoms with Crippen LogP contribution in [0.15, 0.2) is 18.2 Å². The van der Waals surface area contributed by atoms with E-state index in [2.05, 4.69) is 10.6 Å². The number of ketones is 1. The lowest BCUT2D eigenvalue weighted by Crippen LogP contribution is -2.39. The van der Waals surface area contributed by atoms with Crippen LogP contribution < -0.4 is 20.1 Å². The van der Waals surface area contributed by atoms with E-state index >= 15 is 0 Å². The molecule has 21 heavy (non-hydrogen) atoms.